The van der Waals surface area contributed by atoms with Crippen LogP contribution in [0.2, 0.25) is 0 Å². The molecular weight excluding hydrogens is 242 g/mol. The lowest BCUT2D eigenvalue weighted by Crippen LogP contribution is -2.15. The van der Waals surface area contributed by atoms with E-state index in [1.165, 1.54) is 0 Å². The highest BCUT2D eigenvalue weighted by atomic mass is 16.5. The topological polar surface area (TPSA) is 63.2 Å². The molecule has 0 atom stereocenters. The fraction of sp³-hybridized carbons (Fsp3) is 0.308. The molecule has 0 radical (unpaired) electrons. The van der Waals surface area contributed by atoms with Gasteiger partial charge in [0.2, 0.25) is 11.9 Å². The summed E-state index contributed by atoms with van der Waals surface area (Å²) in [7, 11) is 5.49. The van der Waals surface area contributed by atoms with E-state index in [1.54, 1.807) is 11.9 Å². The number of nitrogens with one attached hydrogen (secondary N) is 1. The molecule has 6 nitrogen and oxygen atoms in total. The van der Waals surface area contributed by atoms with Gasteiger partial charge in [-0.2, -0.15) is 15.0 Å². The first-order valence-electron chi connectivity index (χ1n) is 5.94. The molecule has 2 aromatic rings. The SMILES string of the molecule is CNc1nc(Oc2cccc(C)c2)nc(N(C)C)n1. The van der Waals surface area contributed by atoms with Crippen molar-refractivity contribution in [2.45, 2.75) is 6.92 Å². The third-order valence-electron chi connectivity index (χ3n) is 2.43. The molecule has 2 rings (SSSR count). The first-order chi connectivity index (χ1) is 9.08. The molecule has 1 heterocycles. The van der Waals surface area contributed by atoms with Crippen LogP contribution >= 0.6 is 0 Å². The molecule has 0 spiro atoms. The Morgan fingerprint density at radius 1 is 1.16 bits per heavy atom. The maximum atomic E-state index is 5.66. The van der Waals surface area contributed by atoms with Crippen molar-refractivity contribution in [3.05, 3.63) is 29.8 Å². The van der Waals surface area contributed by atoms with Gasteiger partial charge in [-0.1, -0.05) is 12.1 Å². The van der Waals surface area contributed by atoms with Gasteiger partial charge in [-0.05, 0) is 24.6 Å². The molecule has 0 aliphatic heterocycles. The van der Waals surface area contributed by atoms with Crippen LogP contribution in [0.3, 0.4) is 0 Å². The average Bonchev–Trinajstić information content (AvgIpc) is 2.38. The molecule has 0 bridgehead atoms. The van der Waals surface area contributed by atoms with Crippen molar-refractivity contribution in [3.63, 3.8) is 0 Å². The average molecular weight is 259 g/mol. The molecule has 1 aromatic heterocycles. The Labute approximate surface area is 112 Å². The Kier molecular flexibility index (Phi) is 3.79. The van der Waals surface area contributed by atoms with Crippen LogP contribution in [-0.2, 0) is 0 Å². The van der Waals surface area contributed by atoms with Crippen LogP contribution in [0.5, 0.6) is 11.8 Å². The number of benzene rings is 1. The summed E-state index contributed by atoms with van der Waals surface area (Å²) in [6, 6.07) is 8.00. The predicted molar refractivity (Wildman–Crippen MR) is 75.0 cm³/mol. The van der Waals surface area contributed by atoms with Crippen LogP contribution in [-0.4, -0.2) is 36.1 Å². The van der Waals surface area contributed by atoms with E-state index in [0.29, 0.717) is 17.6 Å². The third kappa shape index (κ3) is 3.31. The number of ether oxygens (including phenoxy) is 1. The molecule has 0 fully saturated rings. The van der Waals surface area contributed by atoms with Crippen molar-refractivity contribution < 1.29 is 4.74 Å². The molecule has 0 aliphatic rings. The van der Waals surface area contributed by atoms with Gasteiger partial charge in [0.25, 0.3) is 0 Å². The molecule has 6 heteroatoms. The van der Waals surface area contributed by atoms with Gasteiger partial charge in [0.05, 0.1) is 0 Å². The summed E-state index contributed by atoms with van der Waals surface area (Å²) in [5.74, 6) is 1.72. The largest absolute Gasteiger partial charge is 0.424 e. The highest BCUT2D eigenvalue weighted by Crippen LogP contribution is 2.21. The zero-order valence-electron chi connectivity index (χ0n) is 11.5. The number of hydrogen-bond donors (Lipinski definition) is 1. The number of rotatable bonds is 4. The zero-order chi connectivity index (χ0) is 13.8. The van der Waals surface area contributed by atoms with Crippen LogP contribution in [0.4, 0.5) is 11.9 Å². The van der Waals surface area contributed by atoms with E-state index in [9.17, 15) is 0 Å². The number of anilines is 2. The molecule has 0 unspecified atom stereocenters. The second kappa shape index (κ2) is 5.51. The fourth-order valence-corrected chi connectivity index (χ4v) is 1.49. The molecule has 1 aromatic carbocycles. The van der Waals surface area contributed by atoms with Gasteiger partial charge in [0, 0.05) is 21.1 Å². The highest BCUT2D eigenvalue weighted by Gasteiger charge is 2.09. The van der Waals surface area contributed by atoms with Crippen LogP contribution < -0.4 is 15.0 Å². The van der Waals surface area contributed by atoms with Crippen LogP contribution in [0.25, 0.3) is 0 Å². The van der Waals surface area contributed by atoms with Gasteiger partial charge in [-0.25, -0.2) is 0 Å². The lowest BCUT2D eigenvalue weighted by molar-refractivity contribution is 0.440. The maximum Gasteiger partial charge on any atom is 0.328 e. The number of hydrogen-bond acceptors (Lipinski definition) is 6. The Morgan fingerprint density at radius 3 is 2.58 bits per heavy atom. The monoisotopic (exact) mass is 259 g/mol. The second-order valence-corrected chi connectivity index (χ2v) is 4.30. The first kappa shape index (κ1) is 13.1. The number of nitrogens with zero attached hydrogens (tertiary/aromatic N) is 4. The van der Waals surface area contributed by atoms with Gasteiger partial charge in [0.15, 0.2) is 0 Å². The first-order valence-corrected chi connectivity index (χ1v) is 5.94. The van der Waals surface area contributed by atoms with Crippen molar-refractivity contribution >= 4 is 11.9 Å². The second-order valence-electron chi connectivity index (χ2n) is 4.30. The number of aromatic nitrogens is 3. The van der Waals surface area contributed by atoms with E-state index in [-0.39, 0.29) is 6.01 Å². The minimum Gasteiger partial charge on any atom is -0.424 e. The van der Waals surface area contributed by atoms with Crippen LogP contribution in [0, 0.1) is 6.92 Å². The van der Waals surface area contributed by atoms with E-state index >= 15 is 0 Å². The molecule has 0 amide bonds. The quantitative estimate of drug-likeness (QED) is 0.907. The van der Waals surface area contributed by atoms with E-state index in [1.807, 2.05) is 45.3 Å². The maximum absolute atomic E-state index is 5.66. The van der Waals surface area contributed by atoms with Gasteiger partial charge in [0.1, 0.15) is 5.75 Å². The van der Waals surface area contributed by atoms with Crippen molar-refractivity contribution in [1.82, 2.24) is 15.0 Å². The molecule has 0 saturated heterocycles. The van der Waals surface area contributed by atoms with E-state index in [2.05, 4.69) is 20.3 Å². The molecule has 1 N–H and O–H groups in total. The molecule has 100 valence electrons. The molecule has 19 heavy (non-hydrogen) atoms. The lowest BCUT2D eigenvalue weighted by Gasteiger charge is -2.12. The molecule has 0 saturated carbocycles. The third-order valence-corrected chi connectivity index (χ3v) is 2.43. The minimum absolute atomic E-state index is 0.272. The van der Waals surface area contributed by atoms with Crippen LogP contribution in [0.1, 0.15) is 5.56 Å². The van der Waals surface area contributed by atoms with Crippen molar-refractivity contribution in [1.29, 1.82) is 0 Å². The van der Waals surface area contributed by atoms with Crippen molar-refractivity contribution in [2.24, 2.45) is 0 Å². The van der Waals surface area contributed by atoms with Crippen molar-refractivity contribution in [3.8, 4) is 11.8 Å². The summed E-state index contributed by atoms with van der Waals surface area (Å²) >= 11 is 0. The molecular formula is C13H17N5O. The number of aryl methyl sites for hydroxylation is 1. The summed E-state index contributed by atoms with van der Waals surface area (Å²) in [5, 5.41) is 2.89. The van der Waals surface area contributed by atoms with Gasteiger partial charge >= 0.3 is 6.01 Å². The smallest absolute Gasteiger partial charge is 0.328 e. The van der Waals surface area contributed by atoms with Gasteiger partial charge < -0.3 is 15.0 Å². The van der Waals surface area contributed by atoms with E-state index in [4.69, 9.17) is 4.74 Å². The minimum atomic E-state index is 0.272. The Bertz CT molecular complexity index is 571. The summed E-state index contributed by atoms with van der Waals surface area (Å²) in [6.07, 6.45) is 0. The lowest BCUT2D eigenvalue weighted by atomic mass is 10.2. The van der Waals surface area contributed by atoms with Crippen molar-refractivity contribution in [2.75, 3.05) is 31.4 Å². The summed E-state index contributed by atoms with van der Waals surface area (Å²) in [4.78, 5) is 14.4. The predicted octanol–water partition coefficient (Wildman–Crippen LogP) is 2.08. The summed E-state index contributed by atoms with van der Waals surface area (Å²) < 4.78 is 5.66. The fourth-order valence-electron chi connectivity index (χ4n) is 1.49. The zero-order valence-corrected chi connectivity index (χ0v) is 11.5. The van der Waals surface area contributed by atoms with Crippen LogP contribution in [0.15, 0.2) is 24.3 Å². The van der Waals surface area contributed by atoms with Gasteiger partial charge in [-0.15, -0.1) is 0 Å². The van der Waals surface area contributed by atoms with E-state index < -0.39 is 0 Å². The standard InChI is InChI=1S/C13H17N5O/c1-9-6-5-7-10(8-9)19-13-16-11(14-2)15-12(17-13)18(3)4/h5-8H,1-4H3,(H,14,15,16,17). The van der Waals surface area contributed by atoms with E-state index in [0.717, 1.165) is 5.56 Å². The molecule has 0 aliphatic carbocycles. The normalized spacial score (nSPS) is 10.1. The van der Waals surface area contributed by atoms with Gasteiger partial charge in [-0.3, -0.25) is 0 Å². The Balaban J connectivity index is 2.31. The summed E-state index contributed by atoms with van der Waals surface area (Å²) in [5.41, 5.74) is 1.12. The Morgan fingerprint density at radius 2 is 1.95 bits per heavy atom. The highest BCUT2D eigenvalue weighted by molar-refractivity contribution is 5.38. The Hall–Kier alpha value is -2.37. The summed E-state index contributed by atoms with van der Waals surface area (Å²) in [6.45, 7) is 2.00.